The Morgan fingerprint density at radius 1 is 1.08 bits per heavy atom. The van der Waals surface area contributed by atoms with Crippen molar-refractivity contribution in [2.75, 3.05) is 0 Å². The first-order valence-electron chi connectivity index (χ1n) is 8.79. The van der Waals surface area contributed by atoms with Crippen molar-refractivity contribution in [3.8, 4) is 11.3 Å². The minimum absolute atomic E-state index is 0.0291. The van der Waals surface area contributed by atoms with E-state index in [0.29, 0.717) is 0 Å². The molecule has 1 aromatic heterocycles. The van der Waals surface area contributed by atoms with Gasteiger partial charge in [-0.15, -0.1) is 0 Å². The Bertz CT molecular complexity index is 809. The molecule has 2 heteroatoms. The summed E-state index contributed by atoms with van der Waals surface area (Å²) in [5, 5.41) is 0. The van der Waals surface area contributed by atoms with E-state index in [4.69, 9.17) is 4.98 Å². The fourth-order valence-electron chi connectivity index (χ4n) is 3.84. The van der Waals surface area contributed by atoms with Gasteiger partial charge in [0.15, 0.2) is 5.69 Å². The molecule has 1 aromatic carbocycles. The zero-order valence-electron chi connectivity index (χ0n) is 16.0. The van der Waals surface area contributed by atoms with Gasteiger partial charge in [0.1, 0.15) is 11.2 Å². The van der Waals surface area contributed by atoms with Crippen molar-refractivity contribution in [2.45, 2.75) is 64.8 Å². The lowest BCUT2D eigenvalue weighted by Gasteiger charge is -2.45. The van der Waals surface area contributed by atoms with Crippen molar-refractivity contribution in [1.82, 2.24) is 4.98 Å². The van der Waals surface area contributed by atoms with Crippen LogP contribution in [-0.4, -0.2) is 4.98 Å². The average Bonchev–Trinajstić information content (AvgIpc) is 2.52. The lowest BCUT2D eigenvalue weighted by atomic mass is 9.64. The second-order valence-electron chi connectivity index (χ2n) is 8.60. The van der Waals surface area contributed by atoms with Crippen LogP contribution in [0, 0.1) is 0 Å². The zero-order chi connectivity index (χ0) is 17.8. The van der Waals surface area contributed by atoms with Crippen LogP contribution in [0.4, 0.5) is 0 Å². The van der Waals surface area contributed by atoms with Gasteiger partial charge in [-0.25, -0.2) is 4.57 Å². The van der Waals surface area contributed by atoms with Crippen molar-refractivity contribution in [2.24, 2.45) is 0 Å². The minimum atomic E-state index is -0.158. The van der Waals surface area contributed by atoms with E-state index in [1.807, 2.05) is 6.33 Å². The van der Waals surface area contributed by atoms with E-state index >= 15 is 0 Å². The van der Waals surface area contributed by atoms with Gasteiger partial charge in [0, 0.05) is 22.5 Å². The van der Waals surface area contributed by atoms with Crippen LogP contribution in [0.1, 0.15) is 59.7 Å². The third kappa shape index (κ3) is 2.23. The molecule has 1 atom stereocenters. The number of hydrogen-bond donors (Lipinski definition) is 0. The van der Waals surface area contributed by atoms with Crippen LogP contribution >= 0.6 is 0 Å². The molecule has 0 unspecified atom stereocenters. The first-order chi connectivity index (χ1) is 11.1. The van der Waals surface area contributed by atoms with Crippen molar-refractivity contribution in [3.05, 3.63) is 60.1 Å². The largest absolute Gasteiger partial charge is 0.287 e. The molecule has 2 nitrogen and oxygen atoms in total. The first kappa shape index (κ1) is 16.9. The van der Waals surface area contributed by atoms with E-state index in [9.17, 15) is 0 Å². The molecule has 0 amide bonds. The standard InChI is InChI=1S/C22H29N2/c1-8-13-22(7)21(5,6)17-12-10-9-11-16(17)18-14-19(20(2,3)4)23-15-24(18)22/h8-15H,1-7H3/q+1/b13-8-/t22-/m1/s1. The summed E-state index contributed by atoms with van der Waals surface area (Å²) in [7, 11) is 0. The number of allylic oxidation sites excluding steroid dienone is 2. The molecule has 24 heavy (non-hydrogen) atoms. The van der Waals surface area contributed by atoms with Crippen molar-refractivity contribution >= 4 is 0 Å². The number of fused-ring (bicyclic) bond motifs is 3. The van der Waals surface area contributed by atoms with E-state index in [1.54, 1.807) is 0 Å². The zero-order valence-corrected chi connectivity index (χ0v) is 16.0. The lowest BCUT2D eigenvalue weighted by molar-refractivity contribution is -0.753. The van der Waals surface area contributed by atoms with Crippen LogP contribution in [0.5, 0.6) is 0 Å². The highest BCUT2D eigenvalue weighted by molar-refractivity contribution is 5.65. The topological polar surface area (TPSA) is 16.8 Å². The molecule has 0 aliphatic carbocycles. The average molecular weight is 321 g/mol. The number of rotatable bonds is 1. The van der Waals surface area contributed by atoms with E-state index in [2.05, 4.69) is 95.5 Å². The number of hydrogen-bond acceptors (Lipinski definition) is 1. The van der Waals surface area contributed by atoms with E-state index in [1.165, 1.54) is 16.8 Å². The molecule has 0 saturated heterocycles. The monoisotopic (exact) mass is 321 g/mol. The molecule has 1 aliphatic rings. The molecule has 0 fully saturated rings. The molecule has 1 aliphatic heterocycles. The van der Waals surface area contributed by atoms with Crippen LogP contribution in [0.25, 0.3) is 11.3 Å². The van der Waals surface area contributed by atoms with Gasteiger partial charge in [0.05, 0.1) is 0 Å². The second-order valence-corrected chi connectivity index (χ2v) is 8.60. The van der Waals surface area contributed by atoms with Crippen LogP contribution in [0.2, 0.25) is 0 Å². The predicted molar refractivity (Wildman–Crippen MR) is 100 cm³/mol. The normalized spacial score (nSPS) is 22.3. The lowest BCUT2D eigenvalue weighted by Crippen LogP contribution is -2.66. The van der Waals surface area contributed by atoms with Gasteiger partial charge >= 0.3 is 0 Å². The second kappa shape index (κ2) is 5.27. The van der Waals surface area contributed by atoms with Crippen LogP contribution in [0.15, 0.2) is 48.8 Å². The predicted octanol–water partition coefficient (Wildman–Crippen LogP) is 4.92. The van der Waals surface area contributed by atoms with Gasteiger partial charge in [0.25, 0.3) is 6.33 Å². The van der Waals surface area contributed by atoms with Gasteiger partial charge in [-0.2, -0.15) is 0 Å². The Morgan fingerprint density at radius 3 is 2.38 bits per heavy atom. The summed E-state index contributed by atoms with van der Waals surface area (Å²) in [6.45, 7) is 15.7. The molecular weight excluding hydrogens is 292 g/mol. The number of nitrogens with zero attached hydrogens (tertiary/aromatic N) is 2. The van der Waals surface area contributed by atoms with Crippen LogP contribution < -0.4 is 4.57 Å². The Labute approximate surface area is 146 Å². The Kier molecular flexibility index (Phi) is 3.71. The molecule has 0 saturated carbocycles. The van der Waals surface area contributed by atoms with Crippen molar-refractivity contribution < 1.29 is 4.57 Å². The highest BCUT2D eigenvalue weighted by Gasteiger charge is 2.51. The van der Waals surface area contributed by atoms with Gasteiger partial charge in [-0.05, 0) is 25.5 Å². The summed E-state index contributed by atoms with van der Waals surface area (Å²) in [6.07, 6.45) is 6.50. The summed E-state index contributed by atoms with van der Waals surface area (Å²) in [5.41, 5.74) is 4.95. The summed E-state index contributed by atoms with van der Waals surface area (Å²) in [4.78, 5) is 4.81. The Morgan fingerprint density at radius 2 is 1.75 bits per heavy atom. The summed E-state index contributed by atoms with van der Waals surface area (Å²) in [5.74, 6) is 0. The van der Waals surface area contributed by atoms with Crippen molar-refractivity contribution in [3.63, 3.8) is 0 Å². The van der Waals surface area contributed by atoms with Crippen LogP contribution in [-0.2, 0) is 16.4 Å². The summed E-state index contributed by atoms with van der Waals surface area (Å²) < 4.78 is 2.35. The molecule has 126 valence electrons. The Balaban J connectivity index is 2.40. The van der Waals surface area contributed by atoms with Gasteiger partial charge in [0.2, 0.25) is 0 Å². The molecule has 0 bridgehead atoms. The Hall–Kier alpha value is -1.96. The van der Waals surface area contributed by atoms with E-state index < -0.39 is 0 Å². The quantitative estimate of drug-likeness (QED) is 0.538. The molecule has 2 heterocycles. The molecule has 0 radical (unpaired) electrons. The molecular formula is C22H29N2+. The SMILES string of the molecule is C/C=C\[C@@]1(C)[n+]2cnc(C(C)(C)C)cc2-c2ccccc2C1(C)C. The summed E-state index contributed by atoms with van der Waals surface area (Å²) >= 11 is 0. The van der Waals surface area contributed by atoms with Gasteiger partial charge < -0.3 is 0 Å². The maximum Gasteiger partial charge on any atom is 0.287 e. The molecule has 2 aromatic rings. The van der Waals surface area contributed by atoms with Crippen molar-refractivity contribution in [1.29, 1.82) is 0 Å². The first-order valence-corrected chi connectivity index (χ1v) is 8.79. The fourth-order valence-corrected chi connectivity index (χ4v) is 3.84. The fraction of sp³-hybridized carbons (Fsp3) is 0.455. The minimum Gasteiger partial charge on any atom is -0.220 e. The number of aromatic nitrogens is 2. The third-order valence-electron chi connectivity index (χ3n) is 5.75. The van der Waals surface area contributed by atoms with E-state index in [0.717, 1.165) is 5.69 Å². The molecule has 0 spiro atoms. The maximum atomic E-state index is 4.81. The van der Waals surface area contributed by atoms with Gasteiger partial charge in [-0.1, -0.05) is 69.9 Å². The highest BCUT2D eigenvalue weighted by Crippen LogP contribution is 2.46. The number of benzene rings is 1. The molecule has 3 rings (SSSR count). The van der Waals surface area contributed by atoms with E-state index in [-0.39, 0.29) is 16.4 Å². The van der Waals surface area contributed by atoms with Crippen LogP contribution in [0.3, 0.4) is 0 Å². The smallest absolute Gasteiger partial charge is 0.220 e. The summed E-state index contributed by atoms with van der Waals surface area (Å²) in [6, 6.07) is 11.1. The van der Waals surface area contributed by atoms with Gasteiger partial charge in [-0.3, -0.25) is 0 Å². The highest BCUT2D eigenvalue weighted by atomic mass is 15.1. The third-order valence-corrected chi connectivity index (χ3v) is 5.75. The maximum absolute atomic E-state index is 4.81. The molecule has 0 N–H and O–H groups in total.